The lowest BCUT2D eigenvalue weighted by Gasteiger charge is -2.19. The summed E-state index contributed by atoms with van der Waals surface area (Å²) in [5.41, 5.74) is 9.53. The fraction of sp³-hybridized carbons (Fsp3) is 0.294. The number of ether oxygens (including phenoxy) is 1. The maximum Gasteiger partial charge on any atom is 0.119 e. The van der Waals surface area contributed by atoms with Crippen LogP contribution in [0.3, 0.4) is 0 Å². The summed E-state index contributed by atoms with van der Waals surface area (Å²) in [5.74, 6) is 0.901. The quantitative estimate of drug-likeness (QED) is 0.877. The number of hydrogen-bond donors (Lipinski definition) is 1. The summed E-state index contributed by atoms with van der Waals surface area (Å²) < 4.78 is 5.26. The minimum Gasteiger partial charge on any atom is -0.497 e. The molecule has 0 bridgehead atoms. The van der Waals surface area contributed by atoms with Crippen molar-refractivity contribution in [3.8, 4) is 5.75 Å². The van der Waals surface area contributed by atoms with Crippen LogP contribution < -0.4 is 10.5 Å². The van der Waals surface area contributed by atoms with Gasteiger partial charge in [-0.1, -0.05) is 36.4 Å². The van der Waals surface area contributed by atoms with Gasteiger partial charge in [-0.2, -0.15) is 0 Å². The Morgan fingerprint density at radius 3 is 2.45 bits per heavy atom. The van der Waals surface area contributed by atoms with E-state index in [4.69, 9.17) is 10.5 Å². The minimum absolute atomic E-state index is 0.586. The number of nitrogens with zero attached hydrogens (tertiary/aromatic N) is 1. The van der Waals surface area contributed by atoms with Crippen LogP contribution in [0.2, 0.25) is 0 Å². The van der Waals surface area contributed by atoms with Gasteiger partial charge in [0.15, 0.2) is 0 Å². The van der Waals surface area contributed by atoms with E-state index in [1.54, 1.807) is 7.11 Å². The number of nitrogens with two attached hydrogens (primary N) is 1. The third-order valence-electron chi connectivity index (χ3n) is 3.37. The average Bonchev–Trinajstić information content (AvgIpc) is 2.48. The molecule has 0 unspecified atom stereocenters. The first-order valence-electron chi connectivity index (χ1n) is 6.81. The van der Waals surface area contributed by atoms with Crippen molar-refractivity contribution in [1.82, 2.24) is 4.90 Å². The van der Waals surface area contributed by atoms with Gasteiger partial charge in [0.25, 0.3) is 0 Å². The van der Waals surface area contributed by atoms with Gasteiger partial charge in [0.2, 0.25) is 0 Å². The molecular weight excluding hydrogens is 248 g/mol. The molecule has 2 aromatic carbocycles. The van der Waals surface area contributed by atoms with Crippen LogP contribution in [0.1, 0.15) is 16.7 Å². The minimum atomic E-state index is 0.586. The van der Waals surface area contributed by atoms with Crippen LogP contribution in [0, 0.1) is 0 Å². The summed E-state index contributed by atoms with van der Waals surface area (Å²) in [5, 5.41) is 0. The van der Waals surface area contributed by atoms with Crippen LogP contribution in [-0.2, 0) is 19.6 Å². The van der Waals surface area contributed by atoms with Gasteiger partial charge in [0.1, 0.15) is 5.75 Å². The highest BCUT2D eigenvalue weighted by Gasteiger charge is 2.05. The van der Waals surface area contributed by atoms with Crippen LogP contribution in [-0.4, -0.2) is 19.1 Å². The fourth-order valence-electron chi connectivity index (χ4n) is 2.34. The molecule has 0 aromatic heterocycles. The Morgan fingerprint density at radius 2 is 1.75 bits per heavy atom. The monoisotopic (exact) mass is 270 g/mol. The van der Waals surface area contributed by atoms with E-state index in [1.807, 2.05) is 18.2 Å². The predicted molar refractivity (Wildman–Crippen MR) is 82.5 cm³/mol. The second-order valence-electron chi connectivity index (χ2n) is 5.00. The average molecular weight is 270 g/mol. The largest absolute Gasteiger partial charge is 0.497 e. The van der Waals surface area contributed by atoms with Gasteiger partial charge in [-0.3, -0.25) is 4.90 Å². The first kappa shape index (κ1) is 14.6. The molecule has 0 fully saturated rings. The zero-order chi connectivity index (χ0) is 14.4. The van der Waals surface area contributed by atoms with Gasteiger partial charge in [0.05, 0.1) is 7.11 Å². The van der Waals surface area contributed by atoms with Crippen molar-refractivity contribution in [1.29, 1.82) is 0 Å². The fourth-order valence-corrected chi connectivity index (χ4v) is 2.34. The molecule has 2 aromatic rings. The Kier molecular flexibility index (Phi) is 5.16. The van der Waals surface area contributed by atoms with E-state index in [-0.39, 0.29) is 0 Å². The summed E-state index contributed by atoms with van der Waals surface area (Å²) in [7, 11) is 3.81. The van der Waals surface area contributed by atoms with Crippen molar-refractivity contribution in [3.63, 3.8) is 0 Å². The van der Waals surface area contributed by atoms with Crippen LogP contribution in [0.15, 0.2) is 48.5 Å². The Hall–Kier alpha value is -1.84. The molecule has 3 nitrogen and oxygen atoms in total. The number of benzene rings is 2. The molecule has 0 aliphatic rings. The normalized spacial score (nSPS) is 10.8. The highest BCUT2D eigenvalue weighted by atomic mass is 16.5. The summed E-state index contributed by atoms with van der Waals surface area (Å²) in [6.07, 6.45) is 0. The SMILES string of the molecule is COc1cccc(CN(C)Cc2ccccc2CN)c1. The highest BCUT2D eigenvalue weighted by molar-refractivity contribution is 5.29. The molecule has 0 aliphatic carbocycles. The maximum atomic E-state index is 5.78. The second kappa shape index (κ2) is 7.08. The van der Waals surface area contributed by atoms with Crippen LogP contribution in [0.4, 0.5) is 0 Å². The van der Waals surface area contributed by atoms with Gasteiger partial charge in [-0.05, 0) is 35.9 Å². The molecule has 0 heterocycles. The maximum absolute atomic E-state index is 5.78. The molecule has 0 saturated heterocycles. The molecule has 3 heteroatoms. The molecule has 0 amide bonds. The Balaban J connectivity index is 2.03. The van der Waals surface area contributed by atoms with E-state index in [2.05, 4.69) is 42.3 Å². The van der Waals surface area contributed by atoms with Crippen LogP contribution >= 0.6 is 0 Å². The first-order chi connectivity index (χ1) is 9.72. The second-order valence-corrected chi connectivity index (χ2v) is 5.00. The van der Waals surface area contributed by atoms with Crippen molar-refractivity contribution in [2.75, 3.05) is 14.2 Å². The molecule has 0 aliphatic heterocycles. The topological polar surface area (TPSA) is 38.5 Å². The first-order valence-corrected chi connectivity index (χ1v) is 6.81. The van der Waals surface area contributed by atoms with Gasteiger partial charge >= 0.3 is 0 Å². The Bertz CT molecular complexity index is 554. The van der Waals surface area contributed by atoms with E-state index >= 15 is 0 Å². The van der Waals surface area contributed by atoms with Crippen molar-refractivity contribution in [3.05, 3.63) is 65.2 Å². The highest BCUT2D eigenvalue weighted by Crippen LogP contribution is 2.16. The smallest absolute Gasteiger partial charge is 0.119 e. The number of methoxy groups -OCH3 is 1. The van der Waals surface area contributed by atoms with Crippen molar-refractivity contribution in [2.45, 2.75) is 19.6 Å². The standard InChI is InChI=1S/C17H22N2O/c1-19(12-14-6-5-9-17(10-14)20-2)13-16-8-4-3-7-15(16)11-18/h3-10H,11-13,18H2,1-2H3. The van der Waals surface area contributed by atoms with E-state index in [1.165, 1.54) is 16.7 Å². The molecule has 0 atom stereocenters. The lowest BCUT2D eigenvalue weighted by molar-refractivity contribution is 0.317. The van der Waals surface area contributed by atoms with Crippen molar-refractivity contribution in [2.24, 2.45) is 5.73 Å². The number of hydrogen-bond acceptors (Lipinski definition) is 3. The van der Waals surface area contributed by atoms with E-state index in [0.29, 0.717) is 6.54 Å². The van der Waals surface area contributed by atoms with Crippen molar-refractivity contribution >= 4 is 0 Å². The summed E-state index contributed by atoms with van der Waals surface area (Å²) in [6.45, 7) is 2.36. The van der Waals surface area contributed by atoms with Gasteiger partial charge in [0, 0.05) is 19.6 Å². The van der Waals surface area contributed by atoms with Crippen molar-refractivity contribution < 1.29 is 4.74 Å². The molecule has 2 N–H and O–H groups in total. The summed E-state index contributed by atoms with van der Waals surface area (Å²) in [4.78, 5) is 2.28. The lowest BCUT2D eigenvalue weighted by atomic mass is 10.1. The summed E-state index contributed by atoms with van der Waals surface area (Å²) in [6, 6.07) is 16.5. The van der Waals surface area contributed by atoms with Crippen LogP contribution in [0.25, 0.3) is 0 Å². The molecular formula is C17H22N2O. The Morgan fingerprint density at radius 1 is 1.00 bits per heavy atom. The lowest BCUT2D eigenvalue weighted by Crippen LogP contribution is -2.18. The number of rotatable bonds is 6. The summed E-state index contributed by atoms with van der Waals surface area (Å²) >= 11 is 0. The molecule has 2 rings (SSSR count). The molecule has 106 valence electrons. The van der Waals surface area contributed by atoms with E-state index < -0.39 is 0 Å². The molecule has 0 spiro atoms. The van der Waals surface area contributed by atoms with Gasteiger partial charge < -0.3 is 10.5 Å². The van der Waals surface area contributed by atoms with E-state index in [9.17, 15) is 0 Å². The third kappa shape index (κ3) is 3.83. The zero-order valence-corrected chi connectivity index (χ0v) is 12.2. The zero-order valence-electron chi connectivity index (χ0n) is 12.2. The molecule has 0 saturated carbocycles. The Labute approximate surface area is 121 Å². The predicted octanol–water partition coefficient (Wildman–Crippen LogP) is 2.79. The van der Waals surface area contributed by atoms with Gasteiger partial charge in [-0.25, -0.2) is 0 Å². The van der Waals surface area contributed by atoms with E-state index in [0.717, 1.165) is 18.8 Å². The van der Waals surface area contributed by atoms with Gasteiger partial charge in [-0.15, -0.1) is 0 Å². The molecule has 20 heavy (non-hydrogen) atoms. The van der Waals surface area contributed by atoms with Crippen LogP contribution in [0.5, 0.6) is 5.75 Å². The third-order valence-corrected chi connectivity index (χ3v) is 3.37. The molecule has 0 radical (unpaired) electrons.